The number of rotatable bonds is 5. The molecule has 0 unspecified atom stereocenters. The molecule has 0 N–H and O–H groups in total. The van der Waals surface area contributed by atoms with Crippen LogP contribution in [0, 0.1) is 29.3 Å². The molecule has 4 rings (SSSR count). The minimum Gasteiger partial charge on any atom is -0.269 e. The Balaban J connectivity index is 1.96. The lowest BCUT2D eigenvalue weighted by Gasteiger charge is -2.11. The Kier molecular flexibility index (Phi) is 5.31. The van der Waals surface area contributed by atoms with Crippen molar-refractivity contribution in [1.29, 1.82) is 0 Å². The summed E-state index contributed by atoms with van der Waals surface area (Å²) >= 11 is 0. The van der Waals surface area contributed by atoms with Gasteiger partial charge in [-0.3, -0.25) is 9.67 Å². The first-order chi connectivity index (χ1) is 14.5. The highest BCUT2D eigenvalue weighted by Gasteiger charge is 2.24. The zero-order valence-corrected chi connectivity index (χ0v) is 15.3. The predicted molar refractivity (Wildman–Crippen MR) is 101 cm³/mol. The summed E-state index contributed by atoms with van der Waals surface area (Å²) in [5.74, 6) is -3.85. The van der Waals surface area contributed by atoms with Gasteiger partial charge in [0.1, 0.15) is 35.6 Å². The number of aryl methyl sites for hydroxylation is 1. The molecule has 0 spiro atoms. The largest absolute Gasteiger partial charge is 0.269 e. The second kappa shape index (κ2) is 8.06. The predicted octanol–water partition coefficient (Wildman–Crippen LogP) is 5.61. The number of aromatic nitrogens is 3. The summed E-state index contributed by atoms with van der Waals surface area (Å²) in [7, 11) is 0. The summed E-state index contributed by atoms with van der Waals surface area (Å²) in [5, 5.41) is 4.15. The van der Waals surface area contributed by atoms with Crippen molar-refractivity contribution < 1.29 is 22.0 Å². The second-order valence-electron chi connectivity index (χ2n) is 6.41. The summed E-state index contributed by atoms with van der Waals surface area (Å²) in [4.78, 5) is 3.91. The Morgan fingerprint density at radius 3 is 2.40 bits per heavy atom. The first-order valence-electron chi connectivity index (χ1n) is 8.89. The molecule has 30 heavy (non-hydrogen) atoms. The van der Waals surface area contributed by atoms with E-state index in [9.17, 15) is 17.6 Å². The molecule has 1 radical (unpaired) electrons. The zero-order valence-electron chi connectivity index (χ0n) is 15.3. The molecule has 0 fully saturated rings. The van der Waals surface area contributed by atoms with E-state index in [1.165, 1.54) is 23.3 Å². The van der Waals surface area contributed by atoms with Crippen molar-refractivity contribution in [2.75, 3.05) is 6.67 Å². The summed E-state index contributed by atoms with van der Waals surface area (Å²) in [6, 6.07) is 8.76. The van der Waals surface area contributed by atoms with Crippen molar-refractivity contribution in [2.45, 2.75) is 6.54 Å². The number of halogens is 5. The highest BCUT2D eigenvalue weighted by molar-refractivity contribution is 5.83. The van der Waals surface area contributed by atoms with Crippen LogP contribution in [0.2, 0.25) is 0 Å². The summed E-state index contributed by atoms with van der Waals surface area (Å²) in [6.07, 6.45) is 4.45. The van der Waals surface area contributed by atoms with Crippen molar-refractivity contribution in [2.24, 2.45) is 0 Å². The maximum absolute atomic E-state index is 15.4. The lowest BCUT2D eigenvalue weighted by atomic mass is 9.96. The van der Waals surface area contributed by atoms with Gasteiger partial charge in [0.05, 0.1) is 12.1 Å². The minimum absolute atomic E-state index is 0.0881. The van der Waals surface area contributed by atoms with Crippen molar-refractivity contribution >= 4 is 0 Å². The van der Waals surface area contributed by atoms with Gasteiger partial charge in [0.25, 0.3) is 0 Å². The summed E-state index contributed by atoms with van der Waals surface area (Å²) < 4.78 is 72.0. The molecule has 2 heterocycles. The molecular formula is C22H13F5N3. The van der Waals surface area contributed by atoms with Crippen molar-refractivity contribution in [3.8, 4) is 33.5 Å². The van der Waals surface area contributed by atoms with Gasteiger partial charge in [-0.1, -0.05) is 0 Å². The maximum Gasteiger partial charge on any atom is 0.143 e. The average molecular weight is 414 g/mol. The van der Waals surface area contributed by atoms with Crippen LogP contribution in [0.1, 0.15) is 0 Å². The molecule has 0 aliphatic carbocycles. The minimum atomic E-state index is -1.11. The number of pyridine rings is 1. The van der Waals surface area contributed by atoms with Gasteiger partial charge in [0, 0.05) is 41.3 Å². The Labute approximate surface area is 168 Å². The van der Waals surface area contributed by atoms with E-state index in [4.69, 9.17) is 0 Å². The first-order valence-corrected chi connectivity index (χ1v) is 8.89. The normalized spacial score (nSPS) is 11.1. The molecule has 0 amide bonds. The van der Waals surface area contributed by atoms with E-state index < -0.39 is 35.5 Å². The van der Waals surface area contributed by atoms with Crippen LogP contribution in [0.5, 0.6) is 0 Å². The van der Waals surface area contributed by atoms with Gasteiger partial charge in [0.15, 0.2) is 0 Å². The van der Waals surface area contributed by atoms with E-state index in [0.717, 1.165) is 24.3 Å². The van der Waals surface area contributed by atoms with Gasteiger partial charge in [-0.25, -0.2) is 22.0 Å². The Morgan fingerprint density at radius 2 is 1.67 bits per heavy atom. The van der Waals surface area contributed by atoms with E-state index in [1.54, 1.807) is 12.1 Å². The van der Waals surface area contributed by atoms with Crippen molar-refractivity contribution in [3.63, 3.8) is 0 Å². The van der Waals surface area contributed by atoms with Gasteiger partial charge < -0.3 is 0 Å². The van der Waals surface area contributed by atoms with Crippen LogP contribution in [0.4, 0.5) is 22.0 Å². The summed E-state index contributed by atoms with van der Waals surface area (Å²) in [5.41, 5.74) is -0.426. The molecule has 0 atom stereocenters. The maximum atomic E-state index is 15.4. The van der Waals surface area contributed by atoms with Crippen LogP contribution in [-0.2, 0) is 6.54 Å². The quantitative estimate of drug-likeness (QED) is 0.398. The molecule has 4 aromatic rings. The van der Waals surface area contributed by atoms with E-state index in [0.29, 0.717) is 11.1 Å². The number of benzene rings is 2. The molecule has 151 valence electrons. The number of nitrogens with zero attached hydrogens (tertiary/aromatic N) is 3. The molecule has 0 saturated heterocycles. The molecule has 0 saturated carbocycles. The standard InChI is InChI=1S/C22H13F5N3/c23-7-10-30-12-17(13-5-8-28-9-6-13)22(29-30)20-19(26)4-2-15(21(20)27)16-11-14(24)1-3-18(16)25/h2-6,8-9,11-12H,7,10H2. The fraction of sp³-hybridized carbons (Fsp3) is 0.0909. The highest BCUT2D eigenvalue weighted by atomic mass is 19.1. The highest BCUT2D eigenvalue weighted by Crippen LogP contribution is 2.38. The van der Waals surface area contributed by atoms with E-state index >= 15 is 4.39 Å². The van der Waals surface area contributed by atoms with Crippen molar-refractivity contribution in [3.05, 3.63) is 84.3 Å². The van der Waals surface area contributed by atoms with Gasteiger partial charge in [-0.15, -0.1) is 0 Å². The number of hydrogen-bond acceptors (Lipinski definition) is 2. The van der Waals surface area contributed by atoms with Gasteiger partial charge in [-0.2, -0.15) is 5.10 Å². The number of alkyl halides is 1. The van der Waals surface area contributed by atoms with E-state index in [1.807, 2.05) is 6.07 Å². The lowest BCUT2D eigenvalue weighted by Crippen LogP contribution is -2.01. The molecule has 0 aliphatic rings. The van der Waals surface area contributed by atoms with Crippen LogP contribution < -0.4 is 0 Å². The Morgan fingerprint density at radius 1 is 0.900 bits per heavy atom. The van der Waals surface area contributed by atoms with E-state index in [-0.39, 0.29) is 23.4 Å². The molecule has 2 aromatic heterocycles. The smallest absolute Gasteiger partial charge is 0.143 e. The Hall–Kier alpha value is -3.55. The lowest BCUT2D eigenvalue weighted by molar-refractivity contribution is 0.427. The summed E-state index contributed by atoms with van der Waals surface area (Å²) in [6.45, 7) is -0.845. The molecule has 3 nitrogen and oxygen atoms in total. The SMILES string of the molecule is FCCn1cc(-c2ccncc2)c(-c2c(F)ccc(-c3cc(F)[c]cc3F)c2F)n1. The molecular weight excluding hydrogens is 401 g/mol. The average Bonchev–Trinajstić information content (AvgIpc) is 3.15. The van der Waals surface area contributed by atoms with E-state index in [2.05, 4.69) is 10.1 Å². The van der Waals surface area contributed by atoms with Crippen LogP contribution >= 0.6 is 0 Å². The van der Waals surface area contributed by atoms with Gasteiger partial charge in [-0.05, 0) is 42.0 Å². The molecule has 0 aliphatic heterocycles. The van der Waals surface area contributed by atoms with Crippen LogP contribution in [0.3, 0.4) is 0 Å². The number of hydrogen-bond donors (Lipinski definition) is 0. The first kappa shape index (κ1) is 19.8. The third kappa shape index (κ3) is 3.56. The van der Waals surface area contributed by atoms with Crippen molar-refractivity contribution in [1.82, 2.24) is 14.8 Å². The van der Waals surface area contributed by atoms with Crippen LogP contribution in [0.15, 0.2) is 55.0 Å². The van der Waals surface area contributed by atoms with Gasteiger partial charge >= 0.3 is 0 Å². The monoisotopic (exact) mass is 414 g/mol. The van der Waals surface area contributed by atoms with Crippen LogP contribution in [0.25, 0.3) is 33.5 Å². The van der Waals surface area contributed by atoms with Crippen LogP contribution in [-0.4, -0.2) is 21.4 Å². The molecule has 0 bridgehead atoms. The fourth-order valence-corrected chi connectivity index (χ4v) is 3.18. The topological polar surface area (TPSA) is 30.7 Å². The third-order valence-electron chi connectivity index (χ3n) is 4.55. The third-order valence-corrected chi connectivity index (χ3v) is 4.55. The Bertz CT molecular complexity index is 1210. The molecule has 2 aromatic carbocycles. The fourth-order valence-electron chi connectivity index (χ4n) is 3.18. The molecule has 8 heteroatoms. The second-order valence-corrected chi connectivity index (χ2v) is 6.41. The zero-order chi connectivity index (χ0) is 21.3. The van der Waals surface area contributed by atoms with Gasteiger partial charge in [0.2, 0.25) is 0 Å².